The summed E-state index contributed by atoms with van der Waals surface area (Å²) in [6, 6.07) is 11.8. The molecule has 0 aliphatic carbocycles. The summed E-state index contributed by atoms with van der Waals surface area (Å²) in [6.45, 7) is 3.56. The van der Waals surface area contributed by atoms with E-state index in [1.54, 1.807) is 38.1 Å². The monoisotopic (exact) mass is 428 g/mol. The lowest BCUT2D eigenvalue weighted by Gasteiger charge is -2.12. The Balaban J connectivity index is 1.75. The van der Waals surface area contributed by atoms with Crippen molar-refractivity contribution < 1.29 is 27.5 Å². The van der Waals surface area contributed by atoms with E-state index in [0.29, 0.717) is 11.3 Å². The van der Waals surface area contributed by atoms with E-state index in [2.05, 4.69) is 10.6 Å². The van der Waals surface area contributed by atoms with Crippen LogP contribution in [-0.4, -0.2) is 18.1 Å². The lowest BCUT2D eigenvalue weighted by atomic mass is 10.0. The Morgan fingerprint density at radius 1 is 1.00 bits per heavy atom. The summed E-state index contributed by atoms with van der Waals surface area (Å²) in [6.07, 6.45) is 0.574. The summed E-state index contributed by atoms with van der Waals surface area (Å²) >= 11 is 0. The third-order valence-corrected chi connectivity index (χ3v) is 4.39. The van der Waals surface area contributed by atoms with Gasteiger partial charge in [0.1, 0.15) is 17.4 Å². The van der Waals surface area contributed by atoms with Gasteiger partial charge in [0.15, 0.2) is 0 Å². The Morgan fingerprint density at radius 2 is 1.74 bits per heavy atom. The molecule has 162 valence electrons. The van der Waals surface area contributed by atoms with Gasteiger partial charge in [-0.25, -0.2) is 13.6 Å². The second kappa shape index (κ2) is 9.88. The van der Waals surface area contributed by atoms with E-state index in [4.69, 9.17) is 9.15 Å². The first-order valence-corrected chi connectivity index (χ1v) is 9.67. The summed E-state index contributed by atoms with van der Waals surface area (Å²) in [4.78, 5) is 24.5. The second-order valence-electron chi connectivity index (χ2n) is 7.05. The number of hydrogen-bond donors (Lipinski definition) is 2. The number of nitrogens with one attached hydrogen (secondary N) is 2. The van der Waals surface area contributed by atoms with Crippen LogP contribution in [-0.2, 0) is 17.8 Å². The van der Waals surface area contributed by atoms with E-state index in [9.17, 15) is 18.4 Å². The maximum Gasteiger partial charge on any atom is 0.407 e. The van der Waals surface area contributed by atoms with Crippen molar-refractivity contribution in [3.05, 3.63) is 83.1 Å². The van der Waals surface area contributed by atoms with Crippen LogP contribution in [0.25, 0.3) is 11.3 Å². The first kappa shape index (κ1) is 22.0. The minimum absolute atomic E-state index is 0.111. The van der Waals surface area contributed by atoms with Gasteiger partial charge in [-0.15, -0.1) is 0 Å². The number of halogens is 2. The van der Waals surface area contributed by atoms with Gasteiger partial charge in [-0.2, -0.15) is 0 Å². The van der Waals surface area contributed by atoms with Gasteiger partial charge in [-0.1, -0.05) is 30.3 Å². The second-order valence-corrected chi connectivity index (χ2v) is 7.05. The zero-order valence-electron chi connectivity index (χ0n) is 17.1. The minimum atomic E-state index is -0.738. The average Bonchev–Trinajstić information content (AvgIpc) is 3.21. The first-order valence-electron chi connectivity index (χ1n) is 9.67. The molecule has 6 nitrogen and oxygen atoms in total. The molecule has 3 aromatic rings. The summed E-state index contributed by atoms with van der Waals surface area (Å²) in [5, 5.41) is 5.28. The fourth-order valence-corrected chi connectivity index (χ4v) is 2.95. The van der Waals surface area contributed by atoms with Crippen molar-refractivity contribution in [2.75, 3.05) is 0 Å². The third kappa shape index (κ3) is 5.69. The molecule has 2 amide bonds. The number of rotatable bonds is 7. The summed E-state index contributed by atoms with van der Waals surface area (Å²) in [7, 11) is 0. The lowest BCUT2D eigenvalue weighted by molar-refractivity contribution is 0.0950. The number of furan rings is 1. The van der Waals surface area contributed by atoms with Crippen molar-refractivity contribution in [3.63, 3.8) is 0 Å². The van der Waals surface area contributed by atoms with Gasteiger partial charge in [0.25, 0.3) is 5.91 Å². The summed E-state index contributed by atoms with van der Waals surface area (Å²) in [5.41, 5.74) is 1.75. The zero-order valence-corrected chi connectivity index (χ0v) is 17.1. The molecule has 0 spiro atoms. The molecule has 0 saturated carbocycles. The van der Waals surface area contributed by atoms with Crippen molar-refractivity contribution in [2.45, 2.75) is 33.0 Å². The van der Waals surface area contributed by atoms with Crippen LogP contribution in [0, 0.1) is 11.6 Å². The summed E-state index contributed by atoms with van der Waals surface area (Å²) < 4.78 is 37.5. The highest BCUT2D eigenvalue weighted by Gasteiger charge is 2.19. The van der Waals surface area contributed by atoms with Gasteiger partial charge < -0.3 is 19.8 Å². The number of carbonyl (C=O) groups is 2. The third-order valence-electron chi connectivity index (χ3n) is 4.39. The quantitative estimate of drug-likeness (QED) is 0.567. The molecule has 1 aromatic heterocycles. The molecule has 0 bridgehead atoms. The van der Waals surface area contributed by atoms with Gasteiger partial charge in [0.05, 0.1) is 17.9 Å². The average molecular weight is 428 g/mol. The van der Waals surface area contributed by atoms with E-state index in [0.717, 1.165) is 17.7 Å². The molecule has 0 saturated heterocycles. The molecule has 0 aliphatic heterocycles. The fourth-order valence-electron chi connectivity index (χ4n) is 2.95. The molecule has 0 aliphatic rings. The molecule has 1 heterocycles. The van der Waals surface area contributed by atoms with E-state index >= 15 is 0 Å². The minimum Gasteiger partial charge on any atom is -0.463 e. The van der Waals surface area contributed by atoms with Crippen molar-refractivity contribution >= 4 is 12.0 Å². The highest BCUT2D eigenvalue weighted by atomic mass is 19.1. The number of alkyl carbamates (subject to hydrolysis) is 1. The molecular formula is C23H22F2N2O4. The van der Waals surface area contributed by atoms with Gasteiger partial charge in [0, 0.05) is 30.3 Å². The Kier molecular flexibility index (Phi) is 7.02. The number of amides is 2. The maximum atomic E-state index is 13.8. The molecule has 31 heavy (non-hydrogen) atoms. The number of ether oxygens (including phenoxy) is 1. The van der Waals surface area contributed by atoms with Crippen LogP contribution >= 0.6 is 0 Å². The van der Waals surface area contributed by atoms with Crippen LogP contribution in [0.3, 0.4) is 0 Å². The number of hydrogen-bond acceptors (Lipinski definition) is 4. The topological polar surface area (TPSA) is 80.6 Å². The molecule has 0 unspecified atom stereocenters. The van der Waals surface area contributed by atoms with Crippen LogP contribution in [0.1, 0.15) is 35.3 Å². The van der Waals surface area contributed by atoms with Gasteiger partial charge in [-0.05, 0) is 31.5 Å². The molecule has 8 heteroatoms. The van der Waals surface area contributed by atoms with Crippen LogP contribution < -0.4 is 10.6 Å². The highest BCUT2D eigenvalue weighted by Crippen LogP contribution is 2.28. The van der Waals surface area contributed by atoms with Gasteiger partial charge in [-0.3, -0.25) is 4.79 Å². The molecule has 2 N–H and O–H groups in total. The maximum absolute atomic E-state index is 13.8. The van der Waals surface area contributed by atoms with E-state index in [-0.39, 0.29) is 30.3 Å². The molecule has 2 aromatic carbocycles. The van der Waals surface area contributed by atoms with Crippen molar-refractivity contribution in [1.29, 1.82) is 0 Å². The number of benzene rings is 2. The molecule has 0 fully saturated rings. The van der Waals surface area contributed by atoms with Crippen molar-refractivity contribution in [1.82, 2.24) is 10.6 Å². The molecular weight excluding hydrogens is 406 g/mol. The molecule has 0 atom stereocenters. The fraction of sp³-hybridized carbons (Fsp3) is 0.217. The van der Waals surface area contributed by atoms with E-state index < -0.39 is 23.6 Å². The first-order chi connectivity index (χ1) is 14.8. The van der Waals surface area contributed by atoms with Crippen LogP contribution in [0.15, 0.2) is 59.2 Å². The predicted molar refractivity (Wildman–Crippen MR) is 110 cm³/mol. The normalized spacial score (nSPS) is 10.7. The van der Waals surface area contributed by atoms with Gasteiger partial charge in [0.2, 0.25) is 0 Å². The SMILES string of the molecule is CC(C)OC(=O)NCc1ccccc1-c1occc1C(=O)NCc1ccc(F)cc1F. The smallest absolute Gasteiger partial charge is 0.407 e. The van der Waals surface area contributed by atoms with Crippen LogP contribution in [0.5, 0.6) is 0 Å². The lowest BCUT2D eigenvalue weighted by Crippen LogP contribution is -2.26. The predicted octanol–water partition coefficient (Wildman–Crippen LogP) is 4.79. The Bertz CT molecular complexity index is 1080. The van der Waals surface area contributed by atoms with E-state index in [1.807, 2.05) is 0 Å². The Hall–Kier alpha value is -3.68. The largest absolute Gasteiger partial charge is 0.463 e. The van der Waals surface area contributed by atoms with Crippen LogP contribution in [0.4, 0.5) is 13.6 Å². The molecule has 0 radical (unpaired) electrons. The van der Waals surface area contributed by atoms with Crippen molar-refractivity contribution in [2.24, 2.45) is 0 Å². The van der Waals surface area contributed by atoms with Gasteiger partial charge >= 0.3 is 6.09 Å². The highest BCUT2D eigenvalue weighted by molar-refractivity contribution is 5.99. The Labute approximate surface area is 178 Å². The summed E-state index contributed by atoms with van der Waals surface area (Å²) in [5.74, 6) is -1.59. The van der Waals surface area contributed by atoms with Crippen LogP contribution in [0.2, 0.25) is 0 Å². The van der Waals surface area contributed by atoms with Crippen molar-refractivity contribution in [3.8, 4) is 11.3 Å². The zero-order chi connectivity index (χ0) is 22.4. The number of carbonyl (C=O) groups excluding carboxylic acids is 2. The Morgan fingerprint density at radius 3 is 2.48 bits per heavy atom. The van der Waals surface area contributed by atoms with E-state index in [1.165, 1.54) is 18.4 Å². The molecule has 3 rings (SSSR count). The standard InChI is InChI=1S/C23H22F2N2O4/c1-14(2)31-23(29)27-12-15-5-3-4-6-18(15)21-19(9-10-30-21)22(28)26-13-16-7-8-17(24)11-20(16)25/h3-11,14H,12-13H2,1-2H3,(H,26,28)(H,27,29).